The van der Waals surface area contributed by atoms with Crippen molar-refractivity contribution in [2.75, 3.05) is 0 Å². The van der Waals surface area contributed by atoms with Gasteiger partial charge in [0, 0.05) is 0 Å². The monoisotopic (exact) mass is 196 g/mol. The molecule has 1 rings (SSSR count). The van der Waals surface area contributed by atoms with Crippen LogP contribution in [-0.2, 0) is 9.59 Å². The quantitative estimate of drug-likeness (QED) is 0.493. The molecule has 0 bridgehead atoms. The molecule has 1 aliphatic heterocycles. The van der Waals surface area contributed by atoms with E-state index in [-0.39, 0.29) is 6.42 Å². The van der Waals surface area contributed by atoms with Gasteiger partial charge in [-0.1, -0.05) is 19.1 Å². The van der Waals surface area contributed by atoms with E-state index >= 15 is 0 Å². The molecule has 2 N–H and O–H groups in total. The summed E-state index contributed by atoms with van der Waals surface area (Å²) in [5.74, 6) is -1.19. The Hall–Kier alpha value is -1.65. The number of amides is 4. The average molecular weight is 196 g/mol. The molecule has 0 radical (unpaired) electrons. The summed E-state index contributed by atoms with van der Waals surface area (Å²) in [4.78, 5) is 33.9. The van der Waals surface area contributed by atoms with Crippen molar-refractivity contribution in [1.82, 2.24) is 10.6 Å². The first kappa shape index (κ1) is 10.4. The molecule has 1 heterocycles. The minimum absolute atomic E-state index is 0.285. The third kappa shape index (κ3) is 1.21. The summed E-state index contributed by atoms with van der Waals surface area (Å²) >= 11 is 0. The molecule has 0 atom stereocenters. The Kier molecular flexibility index (Phi) is 2.42. The van der Waals surface area contributed by atoms with Crippen molar-refractivity contribution in [1.29, 1.82) is 0 Å². The van der Waals surface area contributed by atoms with E-state index in [1.165, 1.54) is 0 Å². The van der Waals surface area contributed by atoms with Crippen LogP contribution in [-0.4, -0.2) is 17.8 Å². The van der Waals surface area contributed by atoms with Gasteiger partial charge in [0.2, 0.25) is 11.8 Å². The Morgan fingerprint density at radius 3 is 2.00 bits per heavy atom. The van der Waals surface area contributed by atoms with Crippen molar-refractivity contribution < 1.29 is 14.4 Å². The lowest BCUT2D eigenvalue weighted by Gasteiger charge is -2.33. The number of carbonyl (C=O) groups excluding carboxylic acids is 3. The van der Waals surface area contributed by atoms with Crippen molar-refractivity contribution in [2.45, 2.75) is 20.3 Å². The van der Waals surface area contributed by atoms with Crippen LogP contribution in [0.4, 0.5) is 4.79 Å². The second kappa shape index (κ2) is 3.25. The smallest absolute Gasteiger partial charge is 0.277 e. The summed E-state index contributed by atoms with van der Waals surface area (Å²) in [6.07, 6.45) is 0.285. The van der Waals surface area contributed by atoms with Crippen molar-refractivity contribution in [2.24, 2.45) is 5.41 Å². The molecule has 5 nitrogen and oxygen atoms in total. The second-order valence-electron chi connectivity index (χ2n) is 3.28. The number of hydrogen-bond acceptors (Lipinski definition) is 3. The first-order valence-electron chi connectivity index (χ1n) is 4.28. The van der Waals surface area contributed by atoms with E-state index in [9.17, 15) is 14.4 Å². The Morgan fingerprint density at radius 1 is 1.29 bits per heavy atom. The maximum Gasteiger partial charge on any atom is 0.328 e. The Labute approximate surface area is 81.5 Å². The van der Waals surface area contributed by atoms with E-state index in [0.717, 1.165) is 0 Å². The fraction of sp³-hybridized carbons (Fsp3) is 0.444. The molecule has 0 saturated carbocycles. The zero-order chi connectivity index (χ0) is 10.9. The molecule has 1 saturated heterocycles. The average Bonchev–Trinajstić information content (AvgIpc) is 2.03. The Balaban J connectivity index is 3.17. The number of carbonyl (C=O) groups is 3. The minimum Gasteiger partial charge on any atom is -0.277 e. The van der Waals surface area contributed by atoms with Gasteiger partial charge >= 0.3 is 6.03 Å². The number of barbiturate groups is 1. The van der Waals surface area contributed by atoms with Crippen LogP contribution in [0.5, 0.6) is 0 Å². The molecule has 0 aromatic heterocycles. The lowest BCUT2D eigenvalue weighted by atomic mass is 9.76. The molecular formula is C9H12N2O3. The number of nitrogens with one attached hydrogen (secondary N) is 2. The van der Waals surface area contributed by atoms with Crippen molar-refractivity contribution in [3.63, 3.8) is 0 Å². The van der Waals surface area contributed by atoms with Gasteiger partial charge in [-0.05, 0) is 13.3 Å². The normalized spacial score (nSPS) is 20.0. The largest absolute Gasteiger partial charge is 0.328 e. The van der Waals surface area contributed by atoms with Gasteiger partial charge in [0.15, 0.2) is 0 Å². The molecule has 0 unspecified atom stereocenters. The van der Waals surface area contributed by atoms with Gasteiger partial charge in [-0.2, -0.15) is 0 Å². The van der Waals surface area contributed by atoms with E-state index in [0.29, 0.717) is 5.57 Å². The summed E-state index contributed by atoms with van der Waals surface area (Å²) in [5, 5.41) is 4.12. The lowest BCUT2D eigenvalue weighted by molar-refractivity contribution is -0.141. The number of urea groups is 1. The van der Waals surface area contributed by atoms with E-state index in [1.807, 2.05) is 0 Å². The minimum atomic E-state index is -1.30. The zero-order valence-electron chi connectivity index (χ0n) is 8.14. The van der Waals surface area contributed by atoms with Crippen LogP contribution >= 0.6 is 0 Å². The van der Waals surface area contributed by atoms with Gasteiger partial charge in [0.1, 0.15) is 5.41 Å². The maximum atomic E-state index is 11.6. The van der Waals surface area contributed by atoms with Gasteiger partial charge in [-0.15, -0.1) is 0 Å². The Bertz CT molecular complexity index is 313. The molecule has 0 aliphatic carbocycles. The molecule has 0 spiro atoms. The molecule has 4 amide bonds. The van der Waals surface area contributed by atoms with E-state index in [1.54, 1.807) is 13.8 Å². The summed E-state index contributed by atoms with van der Waals surface area (Å²) in [7, 11) is 0. The number of rotatable bonds is 2. The predicted octanol–water partition coefficient (Wildman–Crippen LogP) is 0.325. The van der Waals surface area contributed by atoms with Gasteiger partial charge in [0.25, 0.3) is 0 Å². The SMILES string of the molecule is C=C(C)C1(CC)C(=O)NC(=O)NC1=O. The van der Waals surface area contributed by atoms with Crippen LogP contribution in [0, 0.1) is 5.41 Å². The lowest BCUT2D eigenvalue weighted by Crippen LogP contribution is -2.62. The van der Waals surface area contributed by atoms with Gasteiger partial charge in [-0.25, -0.2) is 4.79 Å². The summed E-state index contributed by atoms with van der Waals surface area (Å²) in [6.45, 7) is 6.91. The van der Waals surface area contributed by atoms with Crippen LogP contribution in [0.2, 0.25) is 0 Å². The highest BCUT2D eigenvalue weighted by Crippen LogP contribution is 2.32. The van der Waals surface area contributed by atoms with Gasteiger partial charge in [0.05, 0.1) is 0 Å². The highest BCUT2D eigenvalue weighted by atomic mass is 16.2. The molecule has 0 aromatic rings. The molecular weight excluding hydrogens is 184 g/mol. The van der Waals surface area contributed by atoms with E-state index < -0.39 is 23.3 Å². The predicted molar refractivity (Wildman–Crippen MR) is 49.2 cm³/mol. The third-order valence-electron chi connectivity index (χ3n) is 2.49. The highest BCUT2D eigenvalue weighted by molar-refractivity contribution is 6.20. The van der Waals surface area contributed by atoms with Crippen LogP contribution in [0.3, 0.4) is 0 Å². The van der Waals surface area contributed by atoms with Crippen molar-refractivity contribution in [3.8, 4) is 0 Å². The fourth-order valence-corrected chi connectivity index (χ4v) is 1.56. The standard InChI is InChI=1S/C9H12N2O3/c1-4-9(5(2)3)6(12)10-8(14)11-7(9)13/h2,4H2,1,3H3,(H2,10,11,12,13,14). The van der Waals surface area contributed by atoms with Crippen LogP contribution < -0.4 is 10.6 Å². The molecule has 0 aromatic carbocycles. The molecule has 1 fully saturated rings. The van der Waals surface area contributed by atoms with Crippen LogP contribution in [0.1, 0.15) is 20.3 Å². The van der Waals surface area contributed by atoms with E-state index in [2.05, 4.69) is 17.2 Å². The topological polar surface area (TPSA) is 75.3 Å². The number of imide groups is 2. The number of hydrogen-bond donors (Lipinski definition) is 2. The third-order valence-corrected chi connectivity index (χ3v) is 2.49. The van der Waals surface area contributed by atoms with Gasteiger partial charge in [-0.3, -0.25) is 20.2 Å². The van der Waals surface area contributed by atoms with Crippen molar-refractivity contribution in [3.05, 3.63) is 12.2 Å². The summed E-state index contributed by atoms with van der Waals surface area (Å²) in [5.41, 5.74) is -0.865. The molecule has 76 valence electrons. The van der Waals surface area contributed by atoms with Crippen molar-refractivity contribution >= 4 is 17.8 Å². The first-order valence-corrected chi connectivity index (χ1v) is 4.28. The van der Waals surface area contributed by atoms with Crippen LogP contribution in [0.15, 0.2) is 12.2 Å². The zero-order valence-corrected chi connectivity index (χ0v) is 8.14. The molecule has 1 aliphatic rings. The highest BCUT2D eigenvalue weighted by Gasteiger charge is 2.49. The van der Waals surface area contributed by atoms with Crippen LogP contribution in [0.25, 0.3) is 0 Å². The second-order valence-corrected chi connectivity index (χ2v) is 3.28. The summed E-state index contributed by atoms with van der Waals surface area (Å²) < 4.78 is 0. The molecule has 5 heteroatoms. The first-order chi connectivity index (χ1) is 6.45. The van der Waals surface area contributed by atoms with E-state index in [4.69, 9.17) is 0 Å². The Morgan fingerprint density at radius 2 is 1.71 bits per heavy atom. The maximum absolute atomic E-state index is 11.6. The summed E-state index contributed by atoms with van der Waals surface area (Å²) in [6, 6.07) is -0.773. The fourth-order valence-electron chi connectivity index (χ4n) is 1.56. The molecule has 14 heavy (non-hydrogen) atoms. The van der Waals surface area contributed by atoms with Gasteiger partial charge < -0.3 is 0 Å².